The Morgan fingerprint density at radius 2 is 2.23 bits per heavy atom. The van der Waals surface area contributed by atoms with Crippen LogP contribution in [0.3, 0.4) is 0 Å². The first-order valence-electron chi connectivity index (χ1n) is 4.58. The molecule has 4 nitrogen and oxygen atoms in total. The molecule has 1 aromatic heterocycles. The fraction of sp³-hybridized carbons (Fsp3) is 0.556. The summed E-state index contributed by atoms with van der Waals surface area (Å²) in [6.07, 6.45) is 6.18. The lowest BCUT2D eigenvalue weighted by molar-refractivity contribution is 0.467. The smallest absolute Gasteiger partial charge is 0.152 e. The Labute approximate surface area is 77.0 Å². The van der Waals surface area contributed by atoms with Gasteiger partial charge in [-0.1, -0.05) is 0 Å². The van der Waals surface area contributed by atoms with Gasteiger partial charge in [0.2, 0.25) is 0 Å². The van der Waals surface area contributed by atoms with Crippen LogP contribution >= 0.6 is 0 Å². The van der Waals surface area contributed by atoms with Gasteiger partial charge in [0.15, 0.2) is 5.75 Å². The highest BCUT2D eigenvalue weighted by Gasteiger charge is 2.15. The van der Waals surface area contributed by atoms with Gasteiger partial charge in [-0.2, -0.15) is 0 Å². The van der Waals surface area contributed by atoms with Crippen molar-refractivity contribution in [3.8, 4) is 5.75 Å². The van der Waals surface area contributed by atoms with Crippen molar-refractivity contribution in [2.45, 2.75) is 25.3 Å². The topological polar surface area (TPSA) is 58.0 Å². The molecule has 0 amide bonds. The minimum absolute atomic E-state index is 0.128. The maximum absolute atomic E-state index is 8.98. The average Bonchev–Trinajstić information content (AvgIpc) is 2.62. The molecular weight excluding hydrogens is 166 g/mol. The minimum Gasteiger partial charge on any atom is -0.505 e. The molecule has 0 aliphatic carbocycles. The Kier molecular flexibility index (Phi) is 2.40. The minimum atomic E-state index is 0.128. The van der Waals surface area contributed by atoms with Crippen LogP contribution in [0.1, 0.15) is 18.7 Å². The van der Waals surface area contributed by atoms with Crippen molar-refractivity contribution in [2.75, 3.05) is 6.54 Å². The summed E-state index contributed by atoms with van der Waals surface area (Å²) in [6.45, 7) is 1.10. The van der Waals surface area contributed by atoms with Gasteiger partial charge in [0.25, 0.3) is 0 Å². The Balaban J connectivity index is 1.97. The molecule has 1 aliphatic rings. The van der Waals surface area contributed by atoms with Gasteiger partial charge in [-0.05, 0) is 19.4 Å². The first-order chi connectivity index (χ1) is 6.34. The zero-order valence-electron chi connectivity index (χ0n) is 7.40. The molecule has 0 aromatic carbocycles. The number of hydrogen-bond acceptors (Lipinski definition) is 4. The van der Waals surface area contributed by atoms with Gasteiger partial charge in [0, 0.05) is 12.5 Å². The highest BCUT2D eigenvalue weighted by atomic mass is 16.3. The van der Waals surface area contributed by atoms with E-state index in [0.717, 1.165) is 18.8 Å². The van der Waals surface area contributed by atoms with E-state index >= 15 is 0 Å². The van der Waals surface area contributed by atoms with Gasteiger partial charge in [-0.15, -0.1) is 0 Å². The molecule has 1 aliphatic heterocycles. The quantitative estimate of drug-likeness (QED) is 0.693. The van der Waals surface area contributed by atoms with E-state index in [9.17, 15) is 0 Å². The van der Waals surface area contributed by atoms with E-state index in [1.165, 1.54) is 25.2 Å². The number of nitrogens with zero attached hydrogens (tertiary/aromatic N) is 2. The summed E-state index contributed by atoms with van der Waals surface area (Å²) < 4.78 is 0. The highest BCUT2D eigenvalue weighted by Crippen LogP contribution is 2.10. The van der Waals surface area contributed by atoms with Crippen molar-refractivity contribution in [1.82, 2.24) is 15.3 Å². The summed E-state index contributed by atoms with van der Waals surface area (Å²) >= 11 is 0. The van der Waals surface area contributed by atoms with E-state index in [-0.39, 0.29) is 5.75 Å². The summed E-state index contributed by atoms with van der Waals surface area (Å²) in [6, 6.07) is 0.518. The lowest BCUT2D eigenvalue weighted by atomic mass is 10.1. The summed E-state index contributed by atoms with van der Waals surface area (Å²) in [4.78, 5) is 8.08. The molecule has 2 N–H and O–H groups in total. The second-order valence-corrected chi connectivity index (χ2v) is 3.35. The zero-order chi connectivity index (χ0) is 9.10. The maximum Gasteiger partial charge on any atom is 0.152 e. The third kappa shape index (κ3) is 2.15. The third-order valence-electron chi connectivity index (χ3n) is 2.28. The fourth-order valence-electron chi connectivity index (χ4n) is 1.60. The first-order valence-corrected chi connectivity index (χ1v) is 4.58. The molecule has 0 bridgehead atoms. The molecule has 1 saturated heterocycles. The van der Waals surface area contributed by atoms with Crippen molar-refractivity contribution in [1.29, 1.82) is 0 Å². The Bertz CT molecular complexity index is 267. The monoisotopic (exact) mass is 179 g/mol. The van der Waals surface area contributed by atoms with E-state index in [2.05, 4.69) is 15.3 Å². The summed E-state index contributed by atoms with van der Waals surface area (Å²) in [5.74, 6) is 0.931. The molecule has 0 radical (unpaired) electrons. The molecular formula is C9H13N3O. The van der Waals surface area contributed by atoms with E-state index in [4.69, 9.17) is 5.11 Å². The second-order valence-electron chi connectivity index (χ2n) is 3.35. The second kappa shape index (κ2) is 3.70. The van der Waals surface area contributed by atoms with Crippen LogP contribution in [0.25, 0.3) is 0 Å². The van der Waals surface area contributed by atoms with Crippen molar-refractivity contribution < 1.29 is 5.11 Å². The van der Waals surface area contributed by atoms with Crippen molar-refractivity contribution >= 4 is 0 Å². The highest BCUT2D eigenvalue weighted by molar-refractivity contribution is 5.10. The van der Waals surface area contributed by atoms with Gasteiger partial charge < -0.3 is 10.4 Å². The fourth-order valence-corrected chi connectivity index (χ4v) is 1.60. The van der Waals surface area contributed by atoms with Crippen LogP contribution in [0.5, 0.6) is 5.75 Å². The maximum atomic E-state index is 8.98. The van der Waals surface area contributed by atoms with Crippen LogP contribution in [0.2, 0.25) is 0 Å². The van der Waals surface area contributed by atoms with Crippen molar-refractivity contribution in [3.05, 3.63) is 18.2 Å². The molecule has 1 aromatic rings. The molecule has 1 unspecified atom stereocenters. The molecule has 0 spiro atoms. The molecule has 13 heavy (non-hydrogen) atoms. The van der Waals surface area contributed by atoms with Crippen LogP contribution < -0.4 is 5.32 Å². The SMILES string of the molecule is Oc1cnc(CC2CCCN2)nc1. The number of nitrogens with one attached hydrogen (secondary N) is 1. The standard InChI is InChI=1S/C9H13N3O/c13-8-5-11-9(12-6-8)4-7-2-1-3-10-7/h5-7,10,13H,1-4H2. The van der Waals surface area contributed by atoms with Crippen LogP contribution in [-0.4, -0.2) is 27.7 Å². The molecule has 1 atom stereocenters. The van der Waals surface area contributed by atoms with Crippen LogP contribution in [0, 0.1) is 0 Å². The predicted octanol–water partition coefficient (Wildman–Crippen LogP) is 0.477. The summed E-state index contributed by atoms with van der Waals surface area (Å²) in [5.41, 5.74) is 0. The average molecular weight is 179 g/mol. The zero-order valence-corrected chi connectivity index (χ0v) is 7.40. The molecule has 1 fully saturated rings. The Hall–Kier alpha value is -1.16. The predicted molar refractivity (Wildman–Crippen MR) is 48.4 cm³/mol. The third-order valence-corrected chi connectivity index (χ3v) is 2.28. The van der Waals surface area contributed by atoms with Gasteiger partial charge >= 0.3 is 0 Å². The Morgan fingerprint density at radius 3 is 2.85 bits per heavy atom. The van der Waals surface area contributed by atoms with Gasteiger partial charge in [-0.25, -0.2) is 9.97 Å². The summed E-state index contributed by atoms with van der Waals surface area (Å²) in [5, 5.41) is 12.4. The number of rotatable bonds is 2. The van der Waals surface area contributed by atoms with Gasteiger partial charge in [0.05, 0.1) is 12.4 Å². The van der Waals surface area contributed by atoms with Crippen LogP contribution in [0.4, 0.5) is 0 Å². The van der Waals surface area contributed by atoms with Crippen LogP contribution in [0.15, 0.2) is 12.4 Å². The molecule has 0 saturated carbocycles. The van der Waals surface area contributed by atoms with E-state index in [0.29, 0.717) is 6.04 Å². The first kappa shape index (κ1) is 8.44. The van der Waals surface area contributed by atoms with E-state index < -0.39 is 0 Å². The number of hydrogen-bond donors (Lipinski definition) is 2. The van der Waals surface area contributed by atoms with Crippen LogP contribution in [-0.2, 0) is 6.42 Å². The van der Waals surface area contributed by atoms with Crippen molar-refractivity contribution in [3.63, 3.8) is 0 Å². The van der Waals surface area contributed by atoms with Crippen molar-refractivity contribution in [2.24, 2.45) is 0 Å². The molecule has 2 rings (SSSR count). The lowest BCUT2D eigenvalue weighted by Gasteiger charge is -2.07. The molecule has 2 heterocycles. The lowest BCUT2D eigenvalue weighted by Crippen LogP contribution is -2.24. The molecule has 4 heteroatoms. The van der Waals surface area contributed by atoms with Gasteiger partial charge in [0.1, 0.15) is 5.82 Å². The Morgan fingerprint density at radius 1 is 1.46 bits per heavy atom. The largest absolute Gasteiger partial charge is 0.505 e. The van der Waals surface area contributed by atoms with E-state index in [1.807, 2.05) is 0 Å². The van der Waals surface area contributed by atoms with Gasteiger partial charge in [-0.3, -0.25) is 0 Å². The summed E-state index contributed by atoms with van der Waals surface area (Å²) in [7, 11) is 0. The number of aromatic nitrogens is 2. The number of aromatic hydroxyl groups is 1. The molecule has 70 valence electrons. The normalized spacial score (nSPS) is 22.0. The van der Waals surface area contributed by atoms with E-state index in [1.54, 1.807) is 0 Å².